The third-order valence-corrected chi connectivity index (χ3v) is 7.07. The van der Waals surface area contributed by atoms with Crippen molar-refractivity contribution in [2.45, 2.75) is 53.6 Å². The first-order valence-corrected chi connectivity index (χ1v) is 13.4. The van der Waals surface area contributed by atoms with E-state index in [1.54, 1.807) is 22.4 Å². The van der Waals surface area contributed by atoms with E-state index in [1.807, 2.05) is 39.0 Å². The standard InChI is InChI=1S/C30H34N6O4/c1-6-40-26-13-21-7-9-35-24(23(21)14-25(26)39-5)15-27(34-29-19(3)11-18(2)12-20(29)4)36(30(35)38)10-8-28(37)33-22-16-31-32-17-22/h11-17H,6-10H2,1-5H3,(H,31,32)(H,33,37)/b34-27+. The molecular formula is C30H34N6O4. The van der Waals surface area contributed by atoms with Crippen LogP contribution < -0.4 is 26.0 Å². The van der Waals surface area contributed by atoms with Gasteiger partial charge in [0.05, 0.1) is 37.0 Å². The molecule has 10 heteroatoms. The summed E-state index contributed by atoms with van der Waals surface area (Å²) in [5, 5.41) is 9.33. The molecule has 1 amide bonds. The Morgan fingerprint density at radius 1 is 1.12 bits per heavy atom. The summed E-state index contributed by atoms with van der Waals surface area (Å²) < 4.78 is 14.8. The van der Waals surface area contributed by atoms with E-state index in [0.717, 1.165) is 39.2 Å². The van der Waals surface area contributed by atoms with Crippen molar-refractivity contribution in [3.05, 3.63) is 81.0 Å². The van der Waals surface area contributed by atoms with Crippen molar-refractivity contribution >= 4 is 17.3 Å². The number of aryl methyl sites for hydroxylation is 4. The molecule has 2 N–H and O–H groups in total. The van der Waals surface area contributed by atoms with Crippen LogP contribution in [0.1, 0.15) is 35.6 Å². The second kappa shape index (κ2) is 11.3. The van der Waals surface area contributed by atoms with Crippen LogP contribution in [0, 0.1) is 20.8 Å². The fourth-order valence-corrected chi connectivity index (χ4v) is 5.29. The number of nitrogens with one attached hydrogen (secondary N) is 2. The number of benzene rings is 2. The molecule has 10 nitrogen and oxygen atoms in total. The Morgan fingerprint density at radius 2 is 1.90 bits per heavy atom. The molecule has 2 aromatic carbocycles. The van der Waals surface area contributed by atoms with Gasteiger partial charge in [-0.1, -0.05) is 17.7 Å². The summed E-state index contributed by atoms with van der Waals surface area (Å²) in [5.74, 6) is 1.08. The predicted molar refractivity (Wildman–Crippen MR) is 153 cm³/mol. The number of rotatable bonds is 8. The second-order valence-corrected chi connectivity index (χ2v) is 9.96. The van der Waals surface area contributed by atoms with Crippen molar-refractivity contribution in [1.82, 2.24) is 19.3 Å². The lowest BCUT2D eigenvalue weighted by atomic mass is 9.97. The van der Waals surface area contributed by atoms with Crippen molar-refractivity contribution in [1.29, 1.82) is 0 Å². The first-order chi connectivity index (χ1) is 19.3. The van der Waals surface area contributed by atoms with Gasteiger partial charge in [0, 0.05) is 37.3 Å². The lowest BCUT2D eigenvalue weighted by Crippen LogP contribution is -2.42. The summed E-state index contributed by atoms with van der Waals surface area (Å²) in [7, 11) is 1.61. The average Bonchev–Trinajstić information content (AvgIpc) is 3.43. The first-order valence-electron chi connectivity index (χ1n) is 13.4. The number of methoxy groups -OCH3 is 1. The minimum Gasteiger partial charge on any atom is -0.493 e. The number of nitrogens with zero attached hydrogens (tertiary/aromatic N) is 4. The lowest BCUT2D eigenvalue weighted by molar-refractivity contribution is -0.116. The van der Waals surface area contributed by atoms with Crippen LogP contribution in [0.3, 0.4) is 0 Å². The van der Waals surface area contributed by atoms with Crippen LogP contribution in [0.25, 0.3) is 11.3 Å². The summed E-state index contributed by atoms with van der Waals surface area (Å²) >= 11 is 0. The van der Waals surface area contributed by atoms with Crippen LogP contribution in [0.5, 0.6) is 11.5 Å². The van der Waals surface area contributed by atoms with Crippen LogP contribution >= 0.6 is 0 Å². The van der Waals surface area contributed by atoms with E-state index in [-0.39, 0.29) is 24.6 Å². The van der Waals surface area contributed by atoms with Crippen molar-refractivity contribution in [3.63, 3.8) is 0 Å². The Morgan fingerprint density at radius 3 is 2.58 bits per heavy atom. The number of carbonyl (C=O) groups is 1. The predicted octanol–water partition coefficient (Wildman–Crippen LogP) is 4.19. The zero-order valence-corrected chi connectivity index (χ0v) is 23.5. The zero-order valence-electron chi connectivity index (χ0n) is 23.5. The van der Waals surface area contributed by atoms with Gasteiger partial charge >= 0.3 is 5.69 Å². The SMILES string of the molecule is CCOc1cc2c(cc1OC)-c1c/c(=N\c3c(C)cc(C)cc3C)n(CCC(=O)Nc3cn[nH]c3)c(=O)n1CC2. The van der Waals surface area contributed by atoms with E-state index in [1.165, 1.54) is 6.20 Å². The Hall–Kier alpha value is -4.60. The largest absolute Gasteiger partial charge is 0.493 e. The molecule has 3 heterocycles. The highest BCUT2D eigenvalue weighted by atomic mass is 16.5. The van der Waals surface area contributed by atoms with Gasteiger partial charge in [0.2, 0.25) is 5.91 Å². The van der Waals surface area contributed by atoms with E-state index in [9.17, 15) is 9.59 Å². The van der Waals surface area contributed by atoms with E-state index in [0.29, 0.717) is 42.2 Å². The molecule has 0 saturated heterocycles. The van der Waals surface area contributed by atoms with Crippen molar-refractivity contribution in [2.24, 2.45) is 4.99 Å². The number of ether oxygens (including phenoxy) is 2. The Kier molecular flexibility index (Phi) is 7.59. The summed E-state index contributed by atoms with van der Waals surface area (Å²) in [5.41, 5.74) is 7.58. The Labute approximate surface area is 232 Å². The molecule has 5 rings (SSSR count). The Balaban J connectivity index is 1.65. The van der Waals surface area contributed by atoms with E-state index in [2.05, 4.69) is 34.6 Å². The minimum absolute atomic E-state index is 0.0982. The Bertz CT molecular complexity index is 1680. The third kappa shape index (κ3) is 5.29. The monoisotopic (exact) mass is 542 g/mol. The van der Waals surface area contributed by atoms with E-state index in [4.69, 9.17) is 14.5 Å². The van der Waals surface area contributed by atoms with Crippen molar-refractivity contribution in [3.8, 4) is 22.8 Å². The van der Waals surface area contributed by atoms with Crippen molar-refractivity contribution in [2.75, 3.05) is 19.0 Å². The first kappa shape index (κ1) is 27.0. The average molecular weight is 543 g/mol. The second-order valence-electron chi connectivity index (χ2n) is 9.96. The molecule has 0 atom stereocenters. The molecular weight excluding hydrogens is 508 g/mol. The minimum atomic E-state index is -0.219. The summed E-state index contributed by atoms with van der Waals surface area (Å²) in [6.45, 7) is 9.22. The quantitative estimate of drug-likeness (QED) is 0.346. The van der Waals surface area contributed by atoms with Crippen LogP contribution in [0.15, 0.2) is 52.5 Å². The molecule has 208 valence electrons. The van der Waals surface area contributed by atoms with E-state index < -0.39 is 0 Å². The molecule has 4 aromatic rings. The number of aromatic amines is 1. The highest BCUT2D eigenvalue weighted by Crippen LogP contribution is 2.37. The molecule has 2 aromatic heterocycles. The van der Waals surface area contributed by atoms with Gasteiger partial charge in [-0.25, -0.2) is 9.79 Å². The van der Waals surface area contributed by atoms with Crippen molar-refractivity contribution < 1.29 is 14.3 Å². The van der Waals surface area contributed by atoms with Crippen LogP contribution in [0.2, 0.25) is 0 Å². The van der Waals surface area contributed by atoms with Gasteiger partial charge in [-0.05, 0) is 62.9 Å². The lowest BCUT2D eigenvalue weighted by Gasteiger charge is -2.25. The summed E-state index contributed by atoms with van der Waals surface area (Å²) in [6.07, 6.45) is 3.90. The van der Waals surface area contributed by atoms with Gasteiger partial charge in [-0.3, -0.25) is 19.0 Å². The maximum Gasteiger partial charge on any atom is 0.330 e. The van der Waals surface area contributed by atoms with Crippen LogP contribution in [-0.4, -0.2) is 39.0 Å². The van der Waals surface area contributed by atoms with E-state index >= 15 is 0 Å². The molecule has 0 aliphatic carbocycles. The topological polar surface area (TPSA) is 116 Å². The number of fused-ring (bicyclic) bond motifs is 3. The maximum absolute atomic E-state index is 14.0. The molecule has 40 heavy (non-hydrogen) atoms. The van der Waals surface area contributed by atoms with Gasteiger partial charge < -0.3 is 14.8 Å². The fraction of sp³-hybridized carbons (Fsp3) is 0.333. The van der Waals surface area contributed by atoms with Gasteiger partial charge in [0.25, 0.3) is 0 Å². The number of H-pyrrole nitrogens is 1. The van der Waals surface area contributed by atoms with Crippen LogP contribution in [0.4, 0.5) is 11.4 Å². The number of anilines is 1. The molecule has 1 aliphatic rings. The number of carbonyl (C=O) groups excluding carboxylic acids is 1. The number of amides is 1. The highest BCUT2D eigenvalue weighted by Gasteiger charge is 2.23. The van der Waals surface area contributed by atoms with Gasteiger partial charge in [0.15, 0.2) is 11.5 Å². The highest BCUT2D eigenvalue weighted by molar-refractivity contribution is 5.90. The van der Waals surface area contributed by atoms with Gasteiger partial charge in [-0.2, -0.15) is 5.10 Å². The molecule has 0 spiro atoms. The number of aromatic nitrogens is 4. The smallest absolute Gasteiger partial charge is 0.330 e. The number of hydrogen-bond donors (Lipinski definition) is 2. The van der Waals surface area contributed by atoms with Gasteiger partial charge in [0.1, 0.15) is 5.49 Å². The molecule has 0 bridgehead atoms. The molecule has 0 radical (unpaired) electrons. The number of hydrogen-bond acceptors (Lipinski definition) is 6. The normalized spacial score (nSPS) is 12.6. The third-order valence-electron chi connectivity index (χ3n) is 7.07. The van der Waals surface area contributed by atoms with Gasteiger partial charge in [-0.15, -0.1) is 0 Å². The fourth-order valence-electron chi connectivity index (χ4n) is 5.29. The molecule has 0 fully saturated rings. The maximum atomic E-state index is 14.0. The summed E-state index contributed by atoms with van der Waals surface area (Å²) in [6, 6.07) is 10.0. The molecule has 0 saturated carbocycles. The molecule has 1 aliphatic heterocycles. The summed E-state index contributed by atoms with van der Waals surface area (Å²) in [4.78, 5) is 31.7. The zero-order chi connectivity index (χ0) is 28.4. The van der Waals surface area contributed by atoms with Crippen LogP contribution in [-0.2, 0) is 24.3 Å². The molecule has 0 unspecified atom stereocenters.